The number of anilines is 1. The fourth-order valence-electron chi connectivity index (χ4n) is 1.09. The second kappa shape index (κ2) is 2.35. The molecular formula is C8H9NO2S. The molecule has 64 valence electrons. The molecule has 1 N–H and O–H groups in total. The molecule has 0 bridgehead atoms. The minimum absolute atomic E-state index is 0. The lowest BCUT2D eigenvalue weighted by molar-refractivity contribution is 0.609. The van der Waals surface area contributed by atoms with Gasteiger partial charge in [-0.3, -0.25) is 4.72 Å². The van der Waals surface area contributed by atoms with Gasteiger partial charge in [0.15, 0.2) is 0 Å². The van der Waals surface area contributed by atoms with Crippen molar-refractivity contribution in [1.29, 1.82) is 0 Å². The molecule has 0 spiro atoms. The predicted molar refractivity (Wildman–Crippen MR) is 50.1 cm³/mol. The summed E-state index contributed by atoms with van der Waals surface area (Å²) in [6.45, 7) is 0. The number of benzene rings is 1. The minimum atomic E-state index is -3.23. The van der Waals surface area contributed by atoms with Gasteiger partial charge >= 0.3 is 0 Å². The number of fused-ring (bicyclic) bond motifs is 1. The van der Waals surface area contributed by atoms with Gasteiger partial charge in [-0.05, 0) is 17.7 Å². The molecule has 0 radical (unpaired) electrons. The van der Waals surface area contributed by atoms with Gasteiger partial charge in [0.2, 0.25) is 0 Å². The summed E-state index contributed by atoms with van der Waals surface area (Å²) in [5, 5.41) is 1.16. The van der Waals surface area contributed by atoms with Crippen LogP contribution in [0.15, 0.2) is 29.7 Å². The van der Waals surface area contributed by atoms with E-state index in [0.29, 0.717) is 5.69 Å². The molecule has 1 aliphatic heterocycles. The third kappa shape index (κ3) is 1.21. The average Bonchev–Trinajstić information content (AvgIpc) is 2.02. The second-order valence-electron chi connectivity index (χ2n) is 2.54. The Labute approximate surface area is 72.3 Å². The monoisotopic (exact) mass is 183 g/mol. The number of rotatable bonds is 0. The van der Waals surface area contributed by atoms with E-state index >= 15 is 0 Å². The van der Waals surface area contributed by atoms with Crippen LogP contribution in [0.25, 0.3) is 6.08 Å². The van der Waals surface area contributed by atoms with E-state index in [4.69, 9.17) is 0 Å². The quantitative estimate of drug-likeness (QED) is 0.664. The summed E-state index contributed by atoms with van der Waals surface area (Å²) in [5.74, 6) is 0. The van der Waals surface area contributed by atoms with Crippen molar-refractivity contribution in [3.8, 4) is 0 Å². The molecule has 2 rings (SSSR count). The van der Waals surface area contributed by atoms with E-state index in [-0.39, 0.29) is 1.43 Å². The number of para-hydroxylation sites is 1. The van der Waals surface area contributed by atoms with Crippen molar-refractivity contribution in [3.05, 3.63) is 35.2 Å². The van der Waals surface area contributed by atoms with Gasteiger partial charge in [-0.1, -0.05) is 18.2 Å². The van der Waals surface area contributed by atoms with Crippen LogP contribution in [0.3, 0.4) is 0 Å². The smallest absolute Gasteiger partial charge is 0.255 e. The Hall–Kier alpha value is -1.29. The van der Waals surface area contributed by atoms with E-state index in [2.05, 4.69) is 4.72 Å². The van der Waals surface area contributed by atoms with Crippen LogP contribution >= 0.6 is 0 Å². The first-order chi connectivity index (χ1) is 5.67. The standard InChI is InChI=1S/C8H7NO2S.H2/c10-12(11)6-5-7-3-1-2-4-8(7)9-12;/h1-6,9H;1H. The first-order valence-corrected chi connectivity index (χ1v) is 5.02. The largest absolute Gasteiger partial charge is 0.280 e. The molecule has 1 heterocycles. The van der Waals surface area contributed by atoms with Gasteiger partial charge in [-0.15, -0.1) is 0 Å². The molecule has 12 heavy (non-hydrogen) atoms. The Kier molecular flexibility index (Phi) is 1.44. The average molecular weight is 183 g/mol. The topological polar surface area (TPSA) is 46.2 Å². The van der Waals surface area contributed by atoms with Crippen molar-refractivity contribution in [2.24, 2.45) is 0 Å². The van der Waals surface area contributed by atoms with E-state index in [1.165, 1.54) is 0 Å². The summed E-state index contributed by atoms with van der Waals surface area (Å²) in [6.07, 6.45) is 1.58. The summed E-state index contributed by atoms with van der Waals surface area (Å²) >= 11 is 0. The van der Waals surface area contributed by atoms with Crippen LogP contribution in [-0.4, -0.2) is 8.42 Å². The summed E-state index contributed by atoms with van der Waals surface area (Å²) in [4.78, 5) is 0. The normalized spacial score (nSPS) is 18.0. The Morgan fingerprint density at radius 3 is 2.83 bits per heavy atom. The van der Waals surface area contributed by atoms with E-state index in [1.807, 2.05) is 12.1 Å². The lowest BCUT2D eigenvalue weighted by atomic mass is 10.2. The fourth-order valence-corrected chi connectivity index (χ4v) is 1.97. The highest BCUT2D eigenvalue weighted by molar-refractivity contribution is 7.95. The summed E-state index contributed by atoms with van der Waals surface area (Å²) < 4.78 is 24.5. The molecule has 1 aliphatic rings. The summed E-state index contributed by atoms with van der Waals surface area (Å²) in [7, 11) is -3.23. The third-order valence-electron chi connectivity index (χ3n) is 1.64. The van der Waals surface area contributed by atoms with Gasteiger partial charge in [0.25, 0.3) is 10.0 Å². The maximum atomic E-state index is 11.0. The zero-order valence-corrected chi connectivity index (χ0v) is 7.01. The molecule has 4 heteroatoms. The molecule has 1 aromatic carbocycles. The molecule has 0 amide bonds. The lowest BCUT2D eigenvalue weighted by Crippen LogP contribution is -2.12. The van der Waals surface area contributed by atoms with Gasteiger partial charge in [0.05, 0.1) is 11.1 Å². The van der Waals surface area contributed by atoms with Gasteiger partial charge < -0.3 is 0 Å². The van der Waals surface area contributed by atoms with Crippen LogP contribution < -0.4 is 4.72 Å². The Balaban J connectivity index is 0.000000845. The molecule has 0 atom stereocenters. The number of nitrogens with one attached hydrogen (secondary N) is 1. The molecule has 0 aliphatic carbocycles. The van der Waals surface area contributed by atoms with Gasteiger partial charge in [0.1, 0.15) is 0 Å². The summed E-state index contributed by atoms with van der Waals surface area (Å²) in [5.41, 5.74) is 1.53. The highest BCUT2D eigenvalue weighted by Crippen LogP contribution is 2.22. The Morgan fingerprint density at radius 1 is 1.25 bits per heavy atom. The van der Waals surface area contributed by atoms with E-state index in [9.17, 15) is 8.42 Å². The van der Waals surface area contributed by atoms with Crippen molar-refractivity contribution in [3.63, 3.8) is 0 Å². The van der Waals surface area contributed by atoms with Gasteiger partial charge in [0, 0.05) is 1.43 Å². The summed E-state index contributed by atoms with van der Waals surface area (Å²) in [6, 6.07) is 7.24. The van der Waals surface area contributed by atoms with E-state index in [0.717, 1.165) is 11.0 Å². The molecule has 0 unspecified atom stereocenters. The van der Waals surface area contributed by atoms with Gasteiger partial charge in [-0.25, -0.2) is 8.42 Å². The molecule has 0 saturated heterocycles. The van der Waals surface area contributed by atoms with Crippen molar-refractivity contribution < 1.29 is 9.84 Å². The number of sulfonamides is 1. The van der Waals surface area contributed by atoms with Crippen LogP contribution in [0.2, 0.25) is 0 Å². The molecule has 3 nitrogen and oxygen atoms in total. The van der Waals surface area contributed by atoms with E-state index in [1.54, 1.807) is 18.2 Å². The zero-order valence-electron chi connectivity index (χ0n) is 6.19. The van der Waals surface area contributed by atoms with Crippen molar-refractivity contribution in [2.75, 3.05) is 4.72 Å². The lowest BCUT2D eigenvalue weighted by Gasteiger charge is -2.11. The van der Waals surface area contributed by atoms with Crippen LogP contribution in [-0.2, 0) is 10.0 Å². The van der Waals surface area contributed by atoms with Crippen LogP contribution in [0, 0.1) is 0 Å². The highest BCUT2D eigenvalue weighted by atomic mass is 32.2. The van der Waals surface area contributed by atoms with Gasteiger partial charge in [-0.2, -0.15) is 0 Å². The fraction of sp³-hybridized carbons (Fsp3) is 0. The Morgan fingerprint density at radius 2 is 2.00 bits per heavy atom. The van der Waals surface area contributed by atoms with Crippen molar-refractivity contribution in [2.45, 2.75) is 0 Å². The molecule has 0 fully saturated rings. The van der Waals surface area contributed by atoms with Crippen LogP contribution in [0.1, 0.15) is 6.99 Å². The molecule has 0 saturated carbocycles. The maximum Gasteiger partial charge on any atom is 0.255 e. The second-order valence-corrected chi connectivity index (χ2v) is 4.10. The Bertz CT molecular complexity index is 439. The van der Waals surface area contributed by atoms with Crippen molar-refractivity contribution in [1.82, 2.24) is 0 Å². The predicted octanol–water partition coefficient (Wildman–Crippen LogP) is 1.66. The number of hydrogen-bond donors (Lipinski definition) is 1. The molecule has 1 aromatic rings. The molecule has 0 aromatic heterocycles. The first kappa shape index (κ1) is 7.36. The highest BCUT2D eigenvalue weighted by Gasteiger charge is 2.12. The first-order valence-electron chi connectivity index (χ1n) is 3.47. The number of hydrogen-bond acceptors (Lipinski definition) is 2. The van der Waals surface area contributed by atoms with Crippen LogP contribution in [0.4, 0.5) is 5.69 Å². The maximum absolute atomic E-state index is 11.0. The minimum Gasteiger partial charge on any atom is -0.280 e. The zero-order chi connectivity index (χ0) is 8.60. The van der Waals surface area contributed by atoms with Crippen LogP contribution in [0.5, 0.6) is 0 Å². The third-order valence-corrected chi connectivity index (χ3v) is 2.64. The van der Waals surface area contributed by atoms with E-state index < -0.39 is 10.0 Å². The van der Waals surface area contributed by atoms with Crippen molar-refractivity contribution >= 4 is 21.8 Å². The SMILES string of the molecule is O=S1(=O)C=Cc2ccccc2N1.[HH]. The molecular weight excluding hydrogens is 174 g/mol.